The predicted octanol–water partition coefficient (Wildman–Crippen LogP) is 5.43. The second-order valence-corrected chi connectivity index (χ2v) is 9.40. The van der Waals surface area contributed by atoms with E-state index in [1.807, 2.05) is 71.6 Å². The highest BCUT2D eigenvalue weighted by atomic mass is 35.5. The van der Waals surface area contributed by atoms with E-state index in [0.29, 0.717) is 29.4 Å². The molecule has 1 aliphatic heterocycles. The van der Waals surface area contributed by atoms with Crippen molar-refractivity contribution in [1.82, 2.24) is 9.80 Å². The van der Waals surface area contributed by atoms with Gasteiger partial charge in [-0.3, -0.25) is 9.59 Å². The number of hydrogen-bond acceptors (Lipinski definition) is 3. The zero-order valence-corrected chi connectivity index (χ0v) is 19.5. The van der Waals surface area contributed by atoms with Gasteiger partial charge >= 0.3 is 0 Å². The molecule has 1 saturated heterocycles. The van der Waals surface area contributed by atoms with Crippen LogP contribution in [0.2, 0.25) is 5.02 Å². The van der Waals surface area contributed by atoms with Crippen LogP contribution in [0.25, 0.3) is 0 Å². The lowest BCUT2D eigenvalue weighted by Crippen LogP contribution is -2.30. The van der Waals surface area contributed by atoms with Gasteiger partial charge in [0.05, 0.1) is 5.75 Å². The zero-order chi connectivity index (χ0) is 22.5. The third-order valence-corrected chi connectivity index (χ3v) is 7.08. The van der Waals surface area contributed by atoms with Crippen molar-refractivity contribution in [2.24, 2.45) is 0 Å². The van der Waals surface area contributed by atoms with Crippen LogP contribution >= 0.6 is 23.4 Å². The SMILES string of the molecule is CN(Cc1ccc(Cl)cc1)C(=O)c1ccc([C@H]2SCC(=O)N2CCc2ccccc2)cc1. The summed E-state index contributed by atoms with van der Waals surface area (Å²) in [5.74, 6) is 0.616. The van der Waals surface area contributed by atoms with Crippen LogP contribution in [0.5, 0.6) is 0 Å². The smallest absolute Gasteiger partial charge is 0.253 e. The van der Waals surface area contributed by atoms with Crippen LogP contribution in [0.1, 0.15) is 32.4 Å². The van der Waals surface area contributed by atoms with E-state index in [0.717, 1.165) is 17.5 Å². The Labute approximate surface area is 198 Å². The van der Waals surface area contributed by atoms with Gasteiger partial charge in [-0.1, -0.05) is 66.2 Å². The van der Waals surface area contributed by atoms with Crippen LogP contribution in [-0.4, -0.2) is 41.0 Å². The van der Waals surface area contributed by atoms with Crippen LogP contribution in [0.15, 0.2) is 78.9 Å². The van der Waals surface area contributed by atoms with Crippen molar-refractivity contribution in [2.75, 3.05) is 19.3 Å². The summed E-state index contributed by atoms with van der Waals surface area (Å²) in [7, 11) is 1.79. The van der Waals surface area contributed by atoms with Crippen molar-refractivity contribution in [3.63, 3.8) is 0 Å². The number of thioether (sulfide) groups is 1. The molecule has 0 radical (unpaired) electrons. The minimum atomic E-state index is -0.0393. The maximum atomic E-state index is 12.9. The first kappa shape index (κ1) is 22.4. The maximum absolute atomic E-state index is 12.9. The second kappa shape index (κ2) is 10.2. The second-order valence-electron chi connectivity index (χ2n) is 7.90. The van der Waals surface area contributed by atoms with Gasteiger partial charge in [0.2, 0.25) is 5.91 Å². The summed E-state index contributed by atoms with van der Waals surface area (Å²) in [6.45, 7) is 1.20. The van der Waals surface area contributed by atoms with E-state index in [4.69, 9.17) is 11.6 Å². The number of carbonyl (C=O) groups excluding carboxylic acids is 2. The summed E-state index contributed by atoms with van der Waals surface area (Å²) in [5.41, 5.74) is 3.93. The van der Waals surface area contributed by atoms with Gasteiger partial charge in [0.1, 0.15) is 5.37 Å². The molecular weight excluding hydrogens is 440 g/mol. The molecule has 1 atom stereocenters. The Balaban J connectivity index is 1.40. The Bertz CT molecular complexity index is 1070. The summed E-state index contributed by atoms with van der Waals surface area (Å²) < 4.78 is 0. The van der Waals surface area contributed by atoms with E-state index in [-0.39, 0.29) is 17.2 Å². The van der Waals surface area contributed by atoms with Gasteiger partial charge < -0.3 is 9.80 Å². The van der Waals surface area contributed by atoms with Gasteiger partial charge in [-0.05, 0) is 47.4 Å². The molecule has 0 saturated carbocycles. The van der Waals surface area contributed by atoms with Crippen LogP contribution in [0.4, 0.5) is 0 Å². The lowest BCUT2D eigenvalue weighted by Gasteiger charge is -2.24. The summed E-state index contributed by atoms with van der Waals surface area (Å²) in [5, 5.41) is 0.668. The predicted molar refractivity (Wildman–Crippen MR) is 131 cm³/mol. The van der Waals surface area contributed by atoms with Gasteiger partial charge in [-0.2, -0.15) is 0 Å². The first-order valence-corrected chi connectivity index (χ1v) is 12.0. The fourth-order valence-corrected chi connectivity index (χ4v) is 5.16. The van der Waals surface area contributed by atoms with E-state index in [9.17, 15) is 9.59 Å². The molecule has 3 aromatic carbocycles. The van der Waals surface area contributed by atoms with Gasteiger partial charge in [0.25, 0.3) is 5.91 Å². The Kier molecular flexibility index (Phi) is 7.18. The third-order valence-electron chi connectivity index (χ3n) is 5.57. The Morgan fingerprint density at radius 3 is 2.38 bits per heavy atom. The average molecular weight is 465 g/mol. The Hall–Kier alpha value is -2.76. The molecule has 0 spiro atoms. The zero-order valence-electron chi connectivity index (χ0n) is 17.9. The molecule has 0 N–H and O–H groups in total. The number of nitrogens with zero attached hydrogens (tertiary/aromatic N) is 2. The molecule has 6 heteroatoms. The van der Waals surface area contributed by atoms with Crippen molar-refractivity contribution in [1.29, 1.82) is 0 Å². The Morgan fingerprint density at radius 1 is 1.00 bits per heavy atom. The average Bonchev–Trinajstić information content (AvgIpc) is 3.19. The number of halogens is 1. The quantitative estimate of drug-likeness (QED) is 0.468. The molecule has 4 nitrogen and oxygen atoms in total. The molecule has 3 aromatic rings. The normalized spacial score (nSPS) is 15.8. The van der Waals surface area contributed by atoms with Gasteiger partial charge in [0.15, 0.2) is 0 Å². The molecule has 1 heterocycles. The summed E-state index contributed by atoms with van der Waals surface area (Å²) in [6.07, 6.45) is 0.829. The topological polar surface area (TPSA) is 40.6 Å². The monoisotopic (exact) mass is 464 g/mol. The van der Waals surface area contributed by atoms with E-state index in [1.54, 1.807) is 23.7 Å². The van der Waals surface area contributed by atoms with Crippen molar-refractivity contribution in [3.05, 3.63) is 106 Å². The fraction of sp³-hybridized carbons (Fsp3) is 0.231. The van der Waals surface area contributed by atoms with E-state index < -0.39 is 0 Å². The van der Waals surface area contributed by atoms with Crippen LogP contribution in [-0.2, 0) is 17.8 Å². The van der Waals surface area contributed by atoms with Crippen molar-refractivity contribution < 1.29 is 9.59 Å². The molecule has 1 aliphatic rings. The highest BCUT2D eigenvalue weighted by molar-refractivity contribution is 8.00. The van der Waals surface area contributed by atoms with Crippen LogP contribution in [0, 0.1) is 0 Å². The lowest BCUT2D eigenvalue weighted by atomic mass is 10.1. The molecule has 0 aromatic heterocycles. The van der Waals surface area contributed by atoms with Crippen LogP contribution in [0.3, 0.4) is 0 Å². The minimum absolute atomic E-state index is 0.0119. The first-order chi connectivity index (χ1) is 15.5. The van der Waals surface area contributed by atoms with E-state index in [2.05, 4.69) is 12.1 Å². The largest absolute Gasteiger partial charge is 0.337 e. The standard InChI is InChI=1S/C26H25ClN2O2S/c1-28(17-20-7-13-23(27)14-8-20)25(31)21-9-11-22(12-10-21)26-29(24(30)18-32-26)16-15-19-5-3-2-4-6-19/h2-14,26H,15-18H2,1H3/t26-/m1/s1. The molecule has 0 bridgehead atoms. The molecule has 1 fully saturated rings. The van der Waals surface area contributed by atoms with Gasteiger partial charge in [0, 0.05) is 30.7 Å². The van der Waals surface area contributed by atoms with Crippen molar-refractivity contribution >= 4 is 35.2 Å². The first-order valence-electron chi connectivity index (χ1n) is 10.6. The summed E-state index contributed by atoms with van der Waals surface area (Å²) >= 11 is 7.58. The lowest BCUT2D eigenvalue weighted by molar-refractivity contribution is -0.128. The van der Waals surface area contributed by atoms with E-state index >= 15 is 0 Å². The number of amides is 2. The summed E-state index contributed by atoms with van der Waals surface area (Å²) in [4.78, 5) is 29.0. The van der Waals surface area contributed by atoms with E-state index in [1.165, 1.54) is 5.56 Å². The molecule has 164 valence electrons. The molecule has 32 heavy (non-hydrogen) atoms. The molecule has 4 rings (SSSR count). The van der Waals surface area contributed by atoms with Gasteiger partial charge in [-0.25, -0.2) is 0 Å². The number of hydrogen-bond donors (Lipinski definition) is 0. The molecule has 0 aliphatic carbocycles. The number of rotatable bonds is 7. The number of benzene rings is 3. The number of carbonyl (C=O) groups is 2. The minimum Gasteiger partial charge on any atom is -0.337 e. The van der Waals surface area contributed by atoms with Gasteiger partial charge in [-0.15, -0.1) is 11.8 Å². The molecular formula is C26H25ClN2O2S. The summed E-state index contributed by atoms with van der Waals surface area (Å²) in [6, 6.07) is 25.4. The highest BCUT2D eigenvalue weighted by Crippen LogP contribution is 2.38. The third kappa shape index (κ3) is 5.34. The van der Waals surface area contributed by atoms with Crippen molar-refractivity contribution in [3.8, 4) is 0 Å². The molecule has 0 unspecified atom stereocenters. The van der Waals surface area contributed by atoms with Crippen molar-refractivity contribution in [2.45, 2.75) is 18.3 Å². The fourth-order valence-electron chi connectivity index (χ4n) is 3.81. The molecule has 2 amide bonds. The highest BCUT2D eigenvalue weighted by Gasteiger charge is 2.32. The van der Waals surface area contributed by atoms with Crippen LogP contribution < -0.4 is 0 Å². The maximum Gasteiger partial charge on any atom is 0.253 e. The Morgan fingerprint density at radius 2 is 1.69 bits per heavy atom.